The summed E-state index contributed by atoms with van der Waals surface area (Å²) in [6.07, 6.45) is 6.58. The minimum Gasteiger partial charge on any atom is -0.504 e. The molecule has 4 nitrogen and oxygen atoms in total. The van der Waals surface area contributed by atoms with Gasteiger partial charge in [-0.1, -0.05) is 12.5 Å². The molecule has 1 aliphatic carbocycles. The van der Waals surface area contributed by atoms with Gasteiger partial charge in [-0.15, -0.1) is 0 Å². The van der Waals surface area contributed by atoms with Crippen molar-refractivity contribution >= 4 is 0 Å². The van der Waals surface area contributed by atoms with Gasteiger partial charge in [0.1, 0.15) is 0 Å². The van der Waals surface area contributed by atoms with E-state index in [1.54, 1.807) is 7.11 Å². The molecular formula is C17H26N2O2. The molecule has 0 amide bonds. The van der Waals surface area contributed by atoms with E-state index in [9.17, 15) is 5.11 Å². The van der Waals surface area contributed by atoms with E-state index >= 15 is 0 Å². The number of phenols is 1. The highest BCUT2D eigenvalue weighted by Crippen LogP contribution is 2.31. The lowest BCUT2D eigenvalue weighted by Gasteiger charge is -2.30. The van der Waals surface area contributed by atoms with Gasteiger partial charge in [-0.2, -0.15) is 0 Å². The summed E-state index contributed by atoms with van der Waals surface area (Å²) in [6, 6.07) is 7.11. The summed E-state index contributed by atoms with van der Waals surface area (Å²) in [6.45, 7) is 3.20. The molecular weight excluding hydrogens is 264 g/mol. The van der Waals surface area contributed by atoms with E-state index < -0.39 is 0 Å². The minimum atomic E-state index is 0.238. The van der Waals surface area contributed by atoms with Crippen LogP contribution in [0.1, 0.15) is 37.7 Å². The molecule has 1 saturated carbocycles. The Kier molecular flexibility index (Phi) is 4.66. The number of hydrogen-bond donors (Lipinski definition) is 2. The molecule has 1 saturated heterocycles. The summed E-state index contributed by atoms with van der Waals surface area (Å²) in [5.41, 5.74) is 1.16. The van der Waals surface area contributed by atoms with Gasteiger partial charge < -0.3 is 15.2 Å². The first-order valence-corrected chi connectivity index (χ1v) is 8.09. The monoisotopic (exact) mass is 290 g/mol. The predicted molar refractivity (Wildman–Crippen MR) is 83.7 cm³/mol. The normalized spacial score (nSPS) is 22.5. The largest absolute Gasteiger partial charge is 0.504 e. The fourth-order valence-electron chi connectivity index (χ4n) is 3.21. The van der Waals surface area contributed by atoms with E-state index in [1.807, 2.05) is 12.1 Å². The number of nitrogens with one attached hydrogen (secondary N) is 1. The van der Waals surface area contributed by atoms with Gasteiger partial charge in [-0.25, -0.2) is 0 Å². The van der Waals surface area contributed by atoms with Crippen LogP contribution in [0.15, 0.2) is 18.2 Å². The highest BCUT2D eigenvalue weighted by atomic mass is 16.5. The highest BCUT2D eigenvalue weighted by molar-refractivity contribution is 5.41. The summed E-state index contributed by atoms with van der Waals surface area (Å²) in [7, 11) is 1.58. The molecule has 1 heterocycles. The van der Waals surface area contributed by atoms with Gasteiger partial charge in [-0.3, -0.25) is 4.90 Å². The van der Waals surface area contributed by atoms with Gasteiger partial charge in [-0.05, 0) is 49.9 Å². The first kappa shape index (κ1) is 14.7. The second-order valence-electron chi connectivity index (χ2n) is 6.31. The number of nitrogens with zero attached hydrogens (tertiary/aromatic N) is 1. The third-order valence-corrected chi connectivity index (χ3v) is 4.56. The van der Waals surface area contributed by atoms with Crippen molar-refractivity contribution in [1.82, 2.24) is 10.2 Å². The Morgan fingerprint density at radius 2 is 2.14 bits per heavy atom. The van der Waals surface area contributed by atoms with Gasteiger partial charge >= 0.3 is 0 Å². The van der Waals surface area contributed by atoms with Crippen molar-refractivity contribution < 1.29 is 9.84 Å². The Labute approximate surface area is 127 Å². The van der Waals surface area contributed by atoms with E-state index in [2.05, 4.69) is 16.3 Å². The van der Waals surface area contributed by atoms with Crippen LogP contribution in [0.25, 0.3) is 0 Å². The molecule has 0 aromatic heterocycles. The van der Waals surface area contributed by atoms with Gasteiger partial charge in [0, 0.05) is 25.2 Å². The number of aromatic hydroxyl groups is 1. The second-order valence-corrected chi connectivity index (χ2v) is 6.31. The van der Waals surface area contributed by atoms with Crippen LogP contribution in [-0.4, -0.2) is 42.3 Å². The SMILES string of the molecule is COc1ccc(CN(CC2CCCCN2)C2CC2)cc1O. The molecule has 2 fully saturated rings. The van der Waals surface area contributed by atoms with Crippen molar-refractivity contribution in [3.05, 3.63) is 23.8 Å². The number of benzene rings is 1. The van der Waals surface area contributed by atoms with Crippen LogP contribution in [0.3, 0.4) is 0 Å². The summed E-state index contributed by atoms with van der Waals surface area (Å²) >= 11 is 0. The van der Waals surface area contributed by atoms with Crippen molar-refractivity contribution in [3.63, 3.8) is 0 Å². The van der Waals surface area contributed by atoms with E-state index in [0.717, 1.165) is 31.2 Å². The van der Waals surface area contributed by atoms with Crippen molar-refractivity contribution in [2.24, 2.45) is 0 Å². The Morgan fingerprint density at radius 1 is 1.29 bits per heavy atom. The predicted octanol–water partition coefficient (Wildman–Crippen LogP) is 2.51. The van der Waals surface area contributed by atoms with Crippen LogP contribution in [0.4, 0.5) is 0 Å². The van der Waals surface area contributed by atoms with Crippen molar-refractivity contribution in [2.45, 2.75) is 50.7 Å². The van der Waals surface area contributed by atoms with Gasteiger partial charge in [0.05, 0.1) is 7.11 Å². The summed E-state index contributed by atoms with van der Waals surface area (Å²) in [4.78, 5) is 2.57. The Morgan fingerprint density at radius 3 is 2.76 bits per heavy atom. The smallest absolute Gasteiger partial charge is 0.160 e. The molecule has 1 aliphatic heterocycles. The maximum absolute atomic E-state index is 9.92. The molecule has 2 N–H and O–H groups in total. The first-order chi connectivity index (χ1) is 10.3. The van der Waals surface area contributed by atoms with E-state index in [0.29, 0.717) is 11.8 Å². The molecule has 1 atom stereocenters. The van der Waals surface area contributed by atoms with Crippen LogP contribution in [-0.2, 0) is 6.54 Å². The number of piperidine rings is 1. The van der Waals surface area contributed by atoms with Gasteiger partial charge in [0.2, 0.25) is 0 Å². The van der Waals surface area contributed by atoms with Crippen LogP contribution in [0, 0.1) is 0 Å². The molecule has 3 rings (SSSR count). The van der Waals surface area contributed by atoms with Crippen LogP contribution in [0.5, 0.6) is 11.5 Å². The zero-order valence-electron chi connectivity index (χ0n) is 12.8. The topological polar surface area (TPSA) is 44.7 Å². The van der Waals surface area contributed by atoms with Gasteiger partial charge in [0.25, 0.3) is 0 Å². The Balaban J connectivity index is 1.63. The quantitative estimate of drug-likeness (QED) is 0.845. The minimum absolute atomic E-state index is 0.238. The summed E-state index contributed by atoms with van der Waals surface area (Å²) < 4.78 is 5.11. The maximum Gasteiger partial charge on any atom is 0.160 e. The average molecular weight is 290 g/mol. The van der Waals surface area contributed by atoms with E-state index in [4.69, 9.17) is 4.74 Å². The third-order valence-electron chi connectivity index (χ3n) is 4.56. The fourth-order valence-corrected chi connectivity index (χ4v) is 3.21. The zero-order valence-corrected chi connectivity index (χ0v) is 12.8. The molecule has 0 bridgehead atoms. The summed E-state index contributed by atoms with van der Waals surface area (Å²) in [5, 5.41) is 13.6. The molecule has 0 radical (unpaired) electrons. The third kappa shape index (κ3) is 3.89. The van der Waals surface area contributed by atoms with Crippen LogP contribution >= 0.6 is 0 Å². The first-order valence-electron chi connectivity index (χ1n) is 8.09. The maximum atomic E-state index is 9.92. The van der Waals surface area contributed by atoms with Crippen molar-refractivity contribution in [2.75, 3.05) is 20.2 Å². The summed E-state index contributed by atoms with van der Waals surface area (Å²) in [5.74, 6) is 0.784. The number of methoxy groups -OCH3 is 1. The van der Waals surface area contributed by atoms with Gasteiger partial charge in [0.15, 0.2) is 11.5 Å². The Bertz CT molecular complexity index is 468. The van der Waals surface area contributed by atoms with Crippen molar-refractivity contribution in [1.29, 1.82) is 0 Å². The fraction of sp³-hybridized carbons (Fsp3) is 0.647. The second kappa shape index (κ2) is 6.67. The highest BCUT2D eigenvalue weighted by Gasteiger charge is 2.30. The molecule has 1 aromatic rings. The van der Waals surface area contributed by atoms with Crippen LogP contribution in [0.2, 0.25) is 0 Å². The lowest BCUT2D eigenvalue weighted by atomic mass is 10.0. The van der Waals surface area contributed by atoms with E-state index in [-0.39, 0.29) is 5.75 Å². The standard InChI is InChI=1S/C17H26N2O2/c1-21-17-8-5-13(10-16(17)20)11-19(15-6-7-15)12-14-4-2-3-9-18-14/h5,8,10,14-15,18,20H,2-4,6-7,9,11-12H2,1H3. The number of phenolic OH excluding ortho intramolecular Hbond substituents is 1. The van der Waals surface area contributed by atoms with E-state index in [1.165, 1.54) is 32.1 Å². The molecule has 21 heavy (non-hydrogen) atoms. The Hall–Kier alpha value is -1.26. The number of rotatable bonds is 6. The molecule has 116 valence electrons. The average Bonchev–Trinajstić information content (AvgIpc) is 3.32. The van der Waals surface area contributed by atoms with Crippen molar-refractivity contribution in [3.8, 4) is 11.5 Å². The zero-order chi connectivity index (χ0) is 14.7. The lowest BCUT2D eigenvalue weighted by Crippen LogP contribution is -2.44. The molecule has 1 aromatic carbocycles. The molecule has 2 aliphatic rings. The molecule has 0 spiro atoms. The lowest BCUT2D eigenvalue weighted by molar-refractivity contribution is 0.208. The molecule has 4 heteroatoms. The molecule has 1 unspecified atom stereocenters. The van der Waals surface area contributed by atoms with Crippen LogP contribution < -0.4 is 10.1 Å². The number of hydrogen-bond acceptors (Lipinski definition) is 4. The number of ether oxygens (including phenoxy) is 1.